The third kappa shape index (κ3) is 3.86. The number of hydrogen-bond acceptors (Lipinski definition) is 4. The van der Waals surface area contributed by atoms with Crippen LogP contribution in [0.1, 0.15) is 11.1 Å². The van der Waals surface area contributed by atoms with Gasteiger partial charge in [0.15, 0.2) is 5.13 Å². The molecule has 0 N–H and O–H groups in total. The van der Waals surface area contributed by atoms with Crippen LogP contribution in [0.3, 0.4) is 0 Å². The lowest BCUT2D eigenvalue weighted by Gasteiger charge is -2.14. The summed E-state index contributed by atoms with van der Waals surface area (Å²) in [6, 6.07) is 22.0. The molecule has 2 heterocycles. The lowest BCUT2D eigenvalue weighted by Crippen LogP contribution is -2.32. The molecule has 1 aliphatic rings. The first kappa shape index (κ1) is 20.3. The van der Waals surface area contributed by atoms with E-state index >= 15 is 0 Å². The van der Waals surface area contributed by atoms with Crippen molar-refractivity contribution in [2.24, 2.45) is 4.99 Å². The van der Waals surface area contributed by atoms with E-state index in [1.165, 1.54) is 28.4 Å². The van der Waals surface area contributed by atoms with E-state index < -0.39 is 5.82 Å². The number of aliphatic imine (C=N–C) groups is 1. The Morgan fingerprint density at radius 3 is 2.47 bits per heavy atom. The number of carbonyl (C=O) groups excluding carboxylic acids is 1. The first-order chi connectivity index (χ1) is 15.6. The molecule has 0 saturated carbocycles. The molecule has 5 rings (SSSR count). The van der Waals surface area contributed by atoms with Crippen LogP contribution in [0, 0.1) is 5.82 Å². The summed E-state index contributed by atoms with van der Waals surface area (Å²) in [4.78, 5) is 23.9. The molecule has 0 unspecified atom stereocenters. The molecule has 1 aliphatic heterocycles. The van der Waals surface area contributed by atoms with Gasteiger partial charge in [-0.05, 0) is 23.8 Å². The number of halogens is 2. The van der Waals surface area contributed by atoms with Gasteiger partial charge in [-0.25, -0.2) is 19.3 Å². The zero-order valence-corrected chi connectivity index (χ0v) is 18.1. The number of fused-ring (bicyclic) bond motifs is 1. The van der Waals surface area contributed by atoms with Crippen LogP contribution in [0.25, 0.3) is 16.3 Å². The molecule has 0 aliphatic carbocycles. The third-order valence-electron chi connectivity index (χ3n) is 4.85. The van der Waals surface area contributed by atoms with Crippen LogP contribution in [0.5, 0.6) is 0 Å². The average molecular weight is 460 g/mol. The number of amidine groups is 1. The first-order valence-corrected chi connectivity index (χ1v) is 11.0. The predicted octanol–water partition coefficient (Wildman–Crippen LogP) is 6.48. The normalized spacial score (nSPS) is 15.3. The highest BCUT2D eigenvalue weighted by molar-refractivity contribution is 7.22. The number of anilines is 1. The van der Waals surface area contributed by atoms with Crippen molar-refractivity contribution in [1.82, 2.24) is 4.98 Å². The molecule has 4 nitrogen and oxygen atoms in total. The second-order valence-corrected chi connectivity index (χ2v) is 8.41. The molecule has 0 saturated heterocycles. The Labute approximate surface area is 192 Å². The predicted molar refractivity (Wildman–Crippen MR) is 129 cm³/mol. The van der Waals surface area contributed by atoms with Crippen molar-refractivity contribution >= 4 is 56.1 Å². The Morgan fingerprint density at radius 2 is 1.72 bits per heavy atom. The third-order valence-corrected chi connectivity index (χ3v) is 6.14. The molecule has 0 radical (unpaired) electrons. The number of thiazole rings is 1. The SMILES string of the molecule is O=C1/C(=C/C=C/c2ccccc2)N=C(c2ccccc2)N1c1nc2cc(Cl)c(F)cc2s1. The van der Waals surface area contributed by atoms with Gasteiger partial charge in [0.25, 0.3) is 5.91 Å². The highest BCUT2D eigenvalue weighted by atomic mass is 35.5. The van der Waals surface area contributed by atoms with E-state index in [0.29, 0.717) is 26.9 Å². The van der Waals surface area contributed by atoms with E-state index in [0.717, 1.165) is 11.1 Å². The minimum atomic E-state index is -0.523. The Bertz CT molecular complexity index is 1370. The summed E-state index contributed by atoms with van der Waals surface area (Å²) in [6.07, 6.45) is 5.39. The van der Waals surface area contributed by atoms with Crippen molar-refractivity contribution in [2.75, 3.05) is 4.90 Å². The first-order valence-electron chi connectivity index (χ1n) is 9.78. The molecule has 3 aromatic carbocycles. The van der Waals surface area contributed by atoms with Gasteiger partial charge in [0.05, 0.1) is 15.2 Å². The number of nitrogens with zero attached hydrogens (tertiary/aromatic N) is 3. The number of allylic oxidation sites excluding steroid dienone is 2. The van der Waals surface area contributed by atoms with Crippen molar-refractivity contribution in [1.29, 1.82) is 0 Å². The summed E-state index contributed by atoms with van der Waals surface area (Å²) in [5, 5.41) is 0.399. The maximum Gasteiger partial charge on any atom is 0.284 e. The zero-order valence-electron chi connectivity index (χ0n) is 16.6. The Morgan fingerprint density at radius 1 is 1.00 bits per heavy atom. The number of rotatable bonds is 4. The van der Waals surface area contributed by atoms with Gasteiger partial charge in [0, 0.05) is 5.56 Å². The van der Waals surface area contributed by atoms with E-state index in [2.05, 4.69) is 9.98 Å². The Kier molecular flexibility index (Phi) is 5.39. The summed E-state index contributed by atoms with van der Waals surface area (Å²) >= 11 is 7.12. The number of carbonyl (C=O) groups is 1. The smallest absolute Gasteiger partial charge is 0.266 e. The van der Waals surface area contributed by atoms with E-state index in [-0.39, 0.29) is 10.9 Å². The van der Waals surface area contributed by atoms with Crippen molar-refractivity contribution in [3.8, 4) is 0 Å². The van der Waals surface area contributed by atoms with E-state index in [1.54, 1.807) is 12.2 Å². The van der Waals surface area contributed by atoms with Gasteiger partial charge in [-0.3, -0.25) is 4.79 Å². The van der Waals surface area contributed by atoms with Gasteiger partial charge < -0.3 is 0 Å². The van der Waals surface area contributed by atoms with Crippen molar-refractivity contribution < 1.29 is 9.18 Å². The highest BCUT2D eigenvalue weighted by Crippen LogP contribution is 2.35. The van der Waals surface area contributed by atoms with Gasteiger partial charge in [0.2, 0.25) is 0 Å². The van der Waals surface area contributed by atoms with Gasteiger partial charge >= 0.3 is 0 Å². The molecule has 1 amide bonds. The van der Waals surface area contributed by atoms with E-state index in [4.69, 9.17) is 11.6 Å². The minimum Gasteiger partial charge on any atom is -0.266 e. The van der Waals surface area contributed by atoms with Crippen LogP contribution in [0.2, 0.25) is 5.02 Å². The summed E-state index contributed by atoms with van der Waals surface area (Å²) in [7, 11) is 0. The maximum atomic E-state index is 13.9. The van der Waals surface area contributed by atoms with Gasteiger partial charge in [0.1, 0.15) is 17.3 Å². The second-order valence-electron chi connectivity index (χ2n) is 6.99. The number of aromatic nitrogens is 1. The van der Waals surface area contributed by atoms with Crippen LogP contribution in [0.4, 0.5) is 9.52 Å². The molecular formula is C25H15ClFN3OS. The molecule has 0 fully saturated rings. The van der Waals surface area contributed by atoms with Crippen LogP contribution >= 0.6 is 22.9 Å². The number of benzene rings is 3. The van der Waals surface area contributed by atoms with Crippen molar-refractivity contribution in [2.45, 2.75) is 0 Å². The van der Waals surface area contributed by atoms with Crippen LogP contribution < -0.4 is 4.90 Å². The monoisotopic (exact) mass is 459 g/mol. The maximum absolute atomic E-state index is 13.9. The van der Waals surface area contributed by atoms with E-state index in [1.807, 2.05) is 66.7 Å². The largest absolute Gasteiger partial charge is 0.284 e. The second kappa shape index (κ2) is 8.49. The Hall–Kier alpha value is -3.61. The molecule has 32 heavy (non-hydrogen) atoms. The van der Waals surface area contributed by atoms with Gasteiger partial charge in [-0.15, -0.1) is 0 Å². The lowest BCUT2D eigenvalue weighted by molar-refractivity contribution is -0.113. The van der Waals surface area contributed by atoms with E-state index in [9.17, 15) is 9.18 Å². The van der Waals surface area contributed by atoms with Gasteiger partial charge in [-0.2, -0.15) is 0 Å². The summed E-state index contributed by atoms with van der Waals surface area (Å²) in [5.41, 5.74) is 2.61. The highest BCUT2D eigenvalue weighted by Gasteiger charge is 2.34. The molecule has 0 atom stereocenters. The number of hydrogen-bond donors (Lipinski definition) is 0. The summed E-state index contributed by atoms with van der Waals surface area (Å²) in [6.45, 7) is 0. The molecule has 156 valence electrons. The number of amides is 1. The molecule has 0 bridgehead atoms. The quantitative estimate of drug-likeness (QED) is 0.328. The fraction of sp³-hybridized carbons (Fsp3) is 0. The molecule has 4 aromatic rings. The lowest BCUT2D eigenvalue weighted by atomic mass is 10.2. The molecular weight excluding hydrogens is 445 g/mol. The van der Waals surface area contributed by atoms with Crippen molar-refractivity contribution in [3.63, 3.8) is 0 Å². The summed E-state index contributed by atoms with van der Waals surface area (Å²) in [5.74, 6) is -0.349. The fourth-order valence-electron chi connectivity index (χ4n) is 3.31. The standard InChI is InChI=1S/C25H15ClFN3OS/c26-18-14-21-22(15-19(18)27)32-25(29-21)30-23(17-11-5-2-6-12-17)28-20(24(30)31)13-7-10-16-8-3-1-4-9-16/h1-15H/b10-7+,20-13-. The summed E-state index contributed by atoms with van der Waals surface area (Å²) < 4.78 is 14.5. The van der Waals surface area contributed by atoms with Crippen LogP contribution in [-0.2, 0) is 4.79 Å². The van der Waals surface area contributed by atoms with Crippen LogP contribution in [-0.4, -0.2) is 16.7 Å². The van der Waals surface area contributed by atoms with Crippen LogP contribution in [0.15, 0.2) is 95.6 Å². The molecule has 1 aromatic heterocycles. The van der Waals surface area contributed by atoms with Crippen molar-refractivity contribution in [3.05, 3.63) is 113 Å². The van der Waals surface area contributed by atoms with Gasteiger partial charge in [-0.1, -0.05) is 95.8 Å². The fourth-order valence-corrected chi connectivity index (χ4v) is 4.44. The Balaban J connectivity index is 1.57. The topological polar surface area (TPSA) is 45.6 Å². The minimum absolute atomic E-state index is 0.00863. The molecule has 0 spiro atoms. The molecule has 7 heteroatoms. The average Bonchev–Trinajstić information content (AvgIpc) is 3.35. The zero-order chi connectivity index (χ0) is 22.1.